The van der Waals surface area contributed by atoms with Crippen LogP contribution in [0.2, 0.25) is 0 Å². The summed E-state index contributed by atoms with van der Waals surface area (Å²) in [5.74, 6) is 0. The van der Waals surface area contributed by atoms with E-state index in [0.29, 0.717) is 6.04 Å². The highest BCUT2D eigenvalue weighted by Gasteiger charge is 2.14. The largest absolute Gasteiger partial charge is 0.306 e. The first-order valence-electron chi connectivity index (χ1n) is 7.11. The monoisotopic (exact) mass is 273 g/mol. The van der Waals surface area contributed by atoms with Gasteiger partial charge in [-0.2, -0.15) is 0 Å². The van der Waals surface area contributed by atoms with Crippen LogP contribution in [0.3, 0.4) is 0 Å². The van der Waals surface area contributed by atoms with Crippen LogP contribution in [0.25, 0.3) is 0 Å². The molecule has 1 heterocycles. The second-order valence-electron chi connectivity index (χ2n) is 4.97. The molecular weight excluding hydrogens is 250 g/mol. The van der Waals surface area contributed by atoms with E-state index in [-0.39, 0.29) is 0 Å². The zero-order valence-corrected chi connectivity index (χ0v) is 12.9. The molecule has 1 aromatic heterocycles. The van der Waals surface area contributed by atoms with Crippen molar-refractivity contribution in [1.29, 1.82) is 0 Å². The molecule has 1 unspecified atom stereocenters. The lowest BCUT2D eigenvalue weighted by atomic mass is 9.99. The van der Waals surface area contributed by atoms with Crippen LogP contribution in [0.5, 0.6) is 0 Å². The maximum atomic E-state index is 3.66. The van der Waals surface area contributed by atoms with Crippen molar-refractivity contribution in [2.45, 2.75) is 39.7 Å². The average Bonchev–Trinajstić information content (AvgIpc) is 2.86. The maximum Gasteiger partial charge on any atom is 0.0585 e. The van der Waals surface area contributed by atoms with Crippen molar-refractivity contribution in [3.63, 3.8) is 0 Å². The van der Waals surface area contributed by atoms with Gasteiger partial charge in [0.1, 0.15) is 0 Å². The first-order chi connectivity index (χ1) is 9.24. The zero-order valence-electron chi connectivity index (χ0n) is 12.1. The maximum absolute atomic E-state index is 3.66. The Morgan fingerprint density at radius 2 is 1.84 bits per heavy atom. The van der Waals surface area contributed by atoms with Crippen LogP contribution < -0.4 is 5.32 Å². The second-order valence-corrected chi connectivity index (χ2v) is 6.09. The number of benzene rings is 1. The summed E-state index contributed by atoms with van der Waals surface area (Å²) >= 11 is 1.83. The predicted octanol–water partition coefficient (Wildman–Crippen LogP) is 4.71. The third kappa shape index (κ3) is 3.68. The molecule has 0 saturated heterocycles. The second kappa shape index (κ2) is 6.88. The molecule has 0 aliphatic heterocycles. The minimum Gasteiger partial charge on any atom is -0.306 e. The van der Waals surface area contributed by atoms with Gasteiger partial charge in [0.2, 0.25) is 0 Å². The molecule has 0 saturated carbocycles. The van der Waals surface area contributed by atoms with E-state index in [0.717, 1.165) is 19.4 Å². The van der Waals surface area contributed by atoms with E-state index in [1.807, 2.05) is 11.3 Å². The Labute approximate surface area is 120 Å². The fourth-order valence-corrected chi connectivity index (χ4v) is 3.01. The van der Waals surface area contributed by atoms with Crippen LogP contribution in [0.1, 0.15) is 47.9 Å². The molecule has 102 valence electrons. The molecule has 0 aliphatic rings. The van der Waals surface area contributed by atoms with Gasteiger partial charge >= 0.3 is 0 Å². The summed E-state index contributed by atoms with van der Waals surface area (Å²) in [5, 5.41) is 5.93. The number of thiophene rings is 1. The molecule has 1 nitrogen and oxygen atoms in total. The Hall–Kier alpha value is -1.12. The Balaban J connectivity index is 2.25. The molecule has 19 heavy (non-hydrogen) atoms. The molecule has 1 aromatic carbocycles. The van der Waals surface area contributed by atoms with Crippen LogP contribution >= 0.6 is 11.3 Å². The Kier molecular flexibility index (Phi) is 5.17. The van der Waals surface area contributed by atoms with E-state index in [4.69, 9.17) is 0 Å². The van der Waals surface area contributed by atoms with Gasteiger partial charge in [0.05, 0.1) is 6.04 Å². The third-order valence-electron chi connectivity index (χ3n) is 3.40. The van der Waals surface area contributed by atoms with E-state index in [2.05, 4.69) is 61.8 Å². The van der Waals surface area contributed by atoms with Gasteiger partial charge in [0.25, 0.3) is 0 Å². The molecule has 0 bridgehead atoms. The Bertz CT molecular complexity index is 498. The highest BCUT2D eigenvalue weighted by Crippen LogP contribution is 2.26. The van der Waals surface area contributed by atoms with Gasteiger partial charge in [0, 0.05) is 4.88 Å². The van der Waals surface area contributed by atoms with Gasteiger partial charge in [-0.05, 0) is 54.4 Å². The van der Waals surface area contributed by atoms with E-state index < -0.39 is 0 Å². The van der Waals surface area contributed by atoms with Gasteiger partial charge in [-0.1, -0.05) is 38.1 Å². The summed E-state index contributed by atoms with van der Waals surface area (Å²) in [6.45, 7) is 7.63. The average molecular weight is 273 g/mol. The van der Waals surface area contributed by atoms with Crippen molar-refractivity contribution in [2.75, 3.05) is 6.54 Å². The standard InChI is InChI=1S/C17H23NS/c1-4-10-18-17(16-11-13(3)19-12-16)15-8-6-14(5-2)7-9-15/h6-9,11-12,17-18H,4-5,10H2,1-3H3. The number of rotatable bonds is 6. The number of hydrogen-bond acceptors (Lipinski definition) is 2. The van der Waals surface area contributed by atoms with Crippen molar-refractivity contribution in [3.8, 4) is 0 Å². The normalized spacial score (nSPS) is 12.6. The van der Waals surface area contributed by atoms with E-state index >= 15 is 0 Å². The minimum absolute atomic E-state index is 0.329. The van der Waals surface area contributed by atoms with Gasteiger partial charge < -0.3 is 5.32 Å². The van der Waals surface area contributed by atoms with Gasteiger partial charge in [0.15, 0.2) is 0 Å². The summed E-state index contributed by atoms with van der Waals surface area (Å²) in [7, 11) is 0. The first-order valence-corrected chi connectivity index (χ1v) is 7.99. The Morgan fingerprint density at radius 1 is 1.11 bits per heavy atom. The quantitative estimate of drug-likeness (QED) is 0.804. The Morgan fingerprint density at radius 3 is 2.37 bits per heavy atom. The predicted molar refractivity (Wildman–Crippen MR) is 85.0 cm³/mol. The van der Waals surface area contributed by atoms with E-state index in [1.165, 1.54) is 21.6 Å². The summed E-state index contributed by atoms with van der Waals surface area (Å²) in [6, 6.07) is 11.6. The SMILES string of the molecule is CCCNC(c1ccc(CC)cc1)c1csc(C)c1. The lowest BCUT2D eigenvalue weighted by molar-refractivity contribution is 0.599. The molecular formula is C17H23NS. The van der Waals surface area contributed by atoms with Crippen LogP contribution in [-0.2, 0) is 6.42 Å². The fraction of sp³-hybridized carbons (Fsp3) is 0.412. The fourth-order valence-electron chi connectivity index (χ4n) is 2.28. The smallest absolute Gasteiger partial charge is 0.0585 e. The van der Waals surface area contributed by atoms with Gasteiger partial charge in [-0.3, -0.25) is 0 Å². The molecule has 1 N–H and O–H groups in total. The summed E-state index contributed by atoms with van der Waals surface area (Å²) in [4.78, 5) is 1.38. The van der Waals surface area contributed by atoms with Crippen molar-refractivity contribution in [3.05, 3.63) is 57.3 Å². The van der Waals surface area contributed by atoms with Crippen LogP contribution in [0.4, 0.5) is 0 Å². The van der Waals surface area contributed by atoms with Crippen molar-refractivity contribution < 1.29 is 0 Å². The van der Waals surface area contributed by atoms with E-state index in [1.54, 1.807) is 0 Å². The zero-order chi connectivity index (χ0) is 13.7. The molecule has 0 aliphatic carbocycles. The molecule has 2 heteroatoms. The van der Waals surface area contributed by atoms with Crippen molar-refractivity contribution >= 4 is 11.3 Å². The van der Waals surface area contributed by atoms with Gasteiger partial charge in [-0.15, -0.1) is 11.3 Å². The lowest BCUT2D eigenvalue weighted by Crippen LogP contribution is -2.22. The van der Waals surface area contributed by atoms with E-state index in [9.17, 15) is 0 Å². The number of hydrogen-bond donors (Lipinski definition) is 1. The van der Waals surface area contributed by atoms with Crippen molar-refractivity contribution in [2.24, 2.45) is 0 Å². The molecule has 2 aromatic rings. The summed E-state index contributed by atoms with van der Waals surface area (Å²) < 4.78 is 0. The molecule has 2 rings (SSSR count). The van der Waals surface area contributed by atoms with Crippen LogP contribution in [-0.4, -0.2) is 6.54 Å². The third-order valence-corrected chi connectivity index (χ3v) is 4.28. The molecule has 0 fully saturated rings. The first kappa shape index (κ1) is 14.3. The van der Waals surface area contributed by atoms with Gasteiger partial charge in [-0.25, -0.2) is 0 Å². The van der Waals surface area contributed by atoms with Crippen LogP contribution in [0.15, 0.2) is 35.7 Å². The molecule has 0 radical (unpaired) electrons. The molecule has 0 spiro atoms. The van der Waals surface area contributed by atoms with Crippen LogP contribution in [0, 0.1) is 6.92 Å². The molecule has 1 atom stereocenters. The minimum atomic E-state index is 0.329. The number of nitrogens with one attached hydrogen (secondary N) is 1. The lowest BCUT2D eigenvalue weighted by Gasteiger charge is -2.18. The number of aryl methyl sites for hydroxylation is 2. The molecule has 0 amide bonds. The highest BCUT2D eigenvalue weighted by atomic mass is 32.1. The summed E-state index contributed by atoms with van der Waals surface area (Å²) in [6.07, 6.45) is 2.26. The summed E-state index contributed by atoms with van der Waals surface area (Å²) in [5.41, 5.74) is 4.16. The topological polar surface area (TPSA) is 12.0 Å². The highest BCUT2D eigenvalue weighted by molar-refractivity contribution is 7.10. The van der Waals surface area contributed by atoms with Crippen molar-refractivity contribution in [1.82, 2.24) is 5.32 Å².